The number of aromatic nitrogens is 6. The van der Waals surface area contributed by atoms with Gasteiger partial charge >= 0.3 is 0 Å². The summed E-state index contributed by atoms with van der Waals surface area (Å²) in [6.45, 7) is 8.99. The smallest absolute Gasteiger partial charge is 0.268 e. The number of rotatable bonds is 18. The van der Waals surface area contributed by atoms with Gasteiger partial charge in [-0.1, -0.05) is 307 Å². The Morgan fingerprint density at radius 3 is 1.08 bits per heavy atom. The Morgan fingerprint density at radius 2 is 0.669 bits per heavy atom. The summed E-state index contributed by atoms with van der Waals surface area (Å²) in [5, 5.41) is 9.31. The minimum atomic E-state index is -0.570. The minimum absolute atomic E-state index is 0. The van der Waals surface area contributed by atoms with Crippen LogP contribution in [-0.4, -0.2) is 19.1 Å². The monoisotopic (exact) mass is 1890 g/mol. The van der Waals surface area contributed by atoms with Gasteiger partial charge in [0.15, 0.2) is 0 Å². The average molecular weight is 1890 g/mol. The largest absolute Gasteiger partial charge is 0.503 e. The zero-order valence-corrected chi connectivity index (χ0v) is 69.1. The maximum absolute atomic E-state index is 8.98. The van der Waals surface area contributed by atoms with Crippen molar-refractivity contribution in [3.63, 3.8) is 0 Å². The van der Waals surface area contributed by atoms with Gasteiger partial charge in [0.05, 0.1) is 47.1 Å². The molecule has 8 nitrogen and oxygen atoms in total. The fourth-order valence-corrected chi connectivity index (χ4v) is 15.9. The van der Waals surface area contributed by atoms with Crippen molar-refractivity contribution in [2.75, 3.05) is 0 Å². The SMILES string of the molecule is CC(C)Cc1cccc2c1ccc1c(-c3[c-]c(Oc4[c-]c(-n5[c-][n+](-c6c(-c7ccccc7)cccc6-c6ccccc6)c6ccccc65)ccc4)ccc3)nccc12.[2H]c1c([2H])c([2H])c(-c2cccc(-c3c([2H])c([2H])c([2H])c([2H])c3[2H])c2-[n+]2[c-]n(-c3[c-]c(Oc4[c-]c(-c5nccc6c5ccc5c(CC(C)C)cccc56)ccc4)ccc3)c3ccccc32)c([2H])c1[2H].[Pt].[Pt]. The first-order valence-electron chi connectivity index (χ1n) is 43.8. The Bertz CT molecular complexity index is 7520. The van der Waals surface area contributed by atoms with Gasteiger partial charge in [0.2, 0.25) is 0 Å². The van der Waals surface area contributed by atoms with Crippen molar-refractivity contribution in [1.29, 1.82) is 0 Å². The van der Waals surface area contributed by atoms with E-state index in [0.717, 1.165) is 96.2 Å². The molecule has 0 bridgehead atoms. The van der Waals surface area contributed by atoms with E-state index in [9.17, 15) is 0 Å². The summed E-state index contributed by atoms with van der Waals surface area (Å²) in [7, 11) is 0. The van der Waals surface area contributed by atoms with E-state index in [1.165, 1.54) is 38.1 Å². The van der Waals surface area contributed by atoms with Crippen LogP contribution in [0.3, 0.4) is 0 Å². The third-order valence-corrected chi connectivity index (χ3v) is 20.9. The quantitative estimate of drug-likeness (QED) is 0.0488. The molecular weight excluding hydrogens is 1800 g/mol. The molecule has 0 atom stereocenters. The molecular formula is C108H78N6O2Pt2-4. The number of hydrogen-bond acceptors (Lipinski definition) is 4. The van der Waals surface area contributed by atoms with Gasteiger partial charge in [-0.05, 0) is 158 Å². The van der Waals surface area contributed by atoms with E-state index >= 15 is 0 Å². The zero-order chi connectivity index (χ0) is 86.7. The van der Waals surface area contributed by atoms with E-state index in [1.807, 2.05) is 97.3 Å². The summed E-state index contributed by atoms with van der Waals surface area (Å²) < 4.78 is 107. The van der Waals surface area contributed by atoms with Crippen LogP contribution in [0.4, 0.5) is 0 Å². The topological polar surface area (TPSA) is 61.9 Å². The predicted octanol–water partition coefficient (Wildman–Crippen LogP) is 26.0. The van der Waals surface area contributed by atoms with Gasteiger partial charge < -0.3 is 28.6 Å². The fourth-order valence-electron chi connectivity index (χ4n) is 15.9. The Morgan fingerprint density at radius 1 is 0.322 bits per heavy atom. The second-order valence-electron chi connectivity index (χ2n) is 29.4. The van der Waals surface area contributed by atoms with Crippen molar-refractivity contribution in [2.24, 2.45) is 11.8 Å². The van der Waals surface area contributed by atoms with Gasteiger partial charge in [-0.15, -0.1) is 71.8 Å². The normalized spacial score (nSPS) is 12.5. The van der Waals surface area contributed by atoms with Crippen LogP contribution in [0.2, 0.25) is 0 Å². The first kappa shape index (κ1) is 66.0. The van der Waals surface area contributed by atoms with E-state index in [4.69, 9.17) is 33.1 Å². The number of para-hydroxylation sites is 6. The fraction of sp³-hybridized carbons (Fsp3) is 0.0741. The van der Waals surface area contributed by atoms with Crippen molar-refractivity contribution in [3.8, 4) is 113 Å². The summed E-state index contributed by atoms with van der Waals surface area (Å²) in [6.07, 6.45) is 12.9. The van der Waals surface area contributed by atoms with E-state index < -0.39 is 60.4 Å². The molecule has 0 aliphatic heterocycles. The number of benzene rings is 16. The van der Waals surface area contributed by atoms with Gasteiger partial charge in [0, 0.05) is 77.5 Å². The molecule has 0 N–H and O–H groups in total. The molecule has 0 aliphatic rings. The second-order valence-corrected chi connectivity index (χ2v) is 29.4. The number of nitrogens with zero attached hydrogens (tertiary/aromatic N) is 6. The minimum Gasteiger partial charge on any atom is -0.503 e. The number of fused-ring (bicyclic) bond motifs is 8. The second kappa shape index (κ2) is 34.3. The molecule has 16 aromatic carbocycles. The molecule has 0 spiro atoms. The average Bonchev–Trinajstić information content (AvgIpc) is 1.39. The number of pyridine rings is 2. The first-order chi connectivity index (χ1) is 61.3. The van der Waals surface area contributed by atoms with Crippen LogP contribution in [0.5, 0.6) is 23.0 Å². The molecule has 4 heterocycles. The maximum atomic E-state index is 8.98. The van der Waals surface area contributed by atoms with Crippen molar-refractivity contribution in [3.05, 3.63) is 412 Å². The van der Waals surface area contributed by atoms with E-state index in [2.05, 4.69) is 250 Å². The van der Waals surface area contributed by atoms with Crippen molar-refractivity contribution in [1.82, 2.24) is 19.1 Å². The molecule has 20 rings (SSSR count). The molecule has 0 saturated heterocycles. The Labute approximate surface area is 730 Å². The molecule has 118 heavy (non-hydrogen) atoms. The molecule has 4 aromatic heterocycles. The van der Waals surface area contributed by atoms with Crippen LogP contribution in [0.15, 0.2) is 364 Å². The summed E-state index contributed by atoms with van der Waals surface area (Å²) in [5.41, 5.74) is 16.2. The molecule has 0 fully saturated rings. The summed E-state index contributed by atoms with van der Waals surface area (Å²) >= 11 is 0. The number of hydrogen-bond donors (Lipinski definition) is 0. The molecule has 10 heteroatoms. The summed E-state index contributed by atoms with van der Waals surface area (Å²) in [6, 6.07) is 106. The van der Waals surface area contributed by atoms with Crippen molar-refractivity contribution in [2.45, 2.75) is 40.5 Å². The third-order valence-electron chi connectivity index (χ3n) is 20.9. The molecule has 0 unspecified atom stereocenters. The van der Waals surface area contributed by atoms with Crippen LogP contribution in [0.25, 0.3) is 155 Å². The third kappa shape index (κ3) is 15.4. The van der Waals surface area contributed by atoms with Crippen LogP contribution in [-0.2, 0) is 55.0 Å². The number of ether oxygens (including phenoxy) is 2. The van der Waals surface area contributed by atoms with Crippen LogP contribution >= 0.6 is 0 Å². The Balaban J connectivity index is 0.000000179. The van der Waals surface area contributed by atoms with Crippen LogP contribution in [0, 0.1) is 48.8 Å². The molecule has 20 aromatic rings. The van der Waals surface area contributed by atoms with Crippen molar-refractivity contribution >= 4 is 65.2 Å². The predicted molar refractivity (Wildman–Crippen MR) is 471 cm³/mol. The summed E-state index contributed by atoms with van der Waals surface area (Å²) in [4.78, 5) is 9.67. The molecule has 0 radical (unpaired) electrons. The van der Waals surface area contributed by atoms with Gasteiger partial charge in [-0.25, -0.2) is 0 Å². The molecule has 0 aliphatic carbocycles. The summed E-state index contributed by atoms with van der Waals surface area (Å²) in [5.74, 6) is 3.06. The van der Waals surface area contributed by atoms with Crippen molar-refractivity contribution < 1.29 is 74.4 Å². The van der Waals surface area contributed by atoms with Crippen LogP contribution < -0.4 is 18.6 Å². The standard InChI is InChI=1S/2C54H39N3O.2Pt/c2*1-37(2)33-40-19-12-26-48-45(40)29-30-50-49(48)31-32-55-53(50)41-20-11-22-43(34-41)58-44-23-13-21-42(35-44)56-36-57(52-28-10-9-27-51(52)56)54-46(38-15-5-3-6-16-38)24-14-25-47(54)39-17-7-4-8-18-39;;/h2*3-32,37H,33H2,1-2H3;;/q2*-2;;/i3D,4D,5D,6D,7D,8D,15D,16D,17D,18D;;;. The molecule has 0 saturated carbocycles. The maximum Gasteiger partial charge on any atom is 0.268 e. The van der Waals surface area contributed by atoms with Gasteiger partial charge in [0.1, 0.15) is 0 Å². The van der Waals surface area contributed by atoms with Gasteiger partial charge in [-0.3, -0.25) is 9.13 Å². The van der Waals surface area contributed by atoms with E-state index in [0.29, 0.717) is 51.6 Å². The zero-order valence-electron chi connectivity index (χ0n) is 74.6. The van der Waals surface area contributed by atoms with Gasteiger partial charge in [0.25, 0.3) is 12.7 Å². The Hall–Kier alpha value is -13.2. The first-order valence-corrected chi connectivity index (χ1v) is 38.8. The molecule has 0 amide bonds. The van der Waals surface area contributed by atoms with Crippen LogP contribution in [0.1, 0.15) is 52.5 Å². The Kier molecular flexibility index (Phi) is 19.2. The van der Waals surface area contributed by atoms with Gasteiger partial charge in [-0.2, -0.15) is 24.3 Å². The van der Waals surface area contributed by atoms with E-state index in [1.54, 1.807) is 39.5 Å². The number of imidazole rings is 2. The molecule has 576 valence electrons. The van der Waals surface area contributed by atoms with E-state index in [-0.39, 0.29) is 70.1 Å².